The summed E-state index contributed by atoms with van der Waals surface area (Å²) in [5.41, 5.74) is 6.49. The third kappa shape index (κ3) is 4.62. The molecule has 2 aromatic rings. The lowest BCUT2D eigenvalue weighted by Gasteiger charge is -2.30. The molecule has 2 aliphatic heterocycles. The number of amidine groups is 1. The third-order valence-corrected chi connectivity index (χ3v) is 6.09. The number of rotatable bonds is 7. The zero-order chi connectivity index (χ0) is 21.1. The maximum absolute atomic E-state index is 14.5. The zero-order valence-electron chi connectivity index (χ0n) is 16.6. The summed E-state index contributed by atoms with van der Waals surface area (Å²) in [7, 11) is 0. The van der Waals surface area contributed by atoms with Crippen molar-refractivity contribution in [3.63, 3.8) is 0 Å². The summed E-state index contributed by atoms with van der Waals surface area (Å²) < 4.78 is 25.3. The van der Waals surface area contributed by atoms with Crippen molar-refractivity contribution in [2.45, 2.75) is 37.8 Å². The lowest BCUT2D eigenvalue weighted by Crippen LogP contribution is -2.32. The monoisotopic (exact) mass is 430 g/mol. The van der Waals surface area contributed by atoms with Gasteiger partial charge in [-0.05, 0) is 31.0 Å². The van der Waals surface area contributed by atoms with E-state index in [1.165, 1.54) is 30.2 Å². The maximum atomic E-state index is 14.5. The minimum Gasteiger partial charge on any atom is -0.474 e. The Balaban J connectivity index is 1.45. The van der Waals surface area contributed by atoms with Crippen LogP contribution in [-0.2, 0) is 16.7 Å². The van der Waals surface area contributed by atoms with Crippen molar-refractivity contribution >= 4 is 22.7 Å². The standard InChI is InChI=1S/C21H23FN4O3S/c1-21(5-7-30-20(23)26-21)15-8-13(2-3-16(15)22)9-18(27)17-10-25-19(11-24-17)29-12-14-4-6-28-14/h2-3,8,10-11,14H,4-7,9,12H2,1H3,(H2,23,26)/t14?,21-/m0/s1. The van der Waals surface area contributed by atoms with Crippen LogP contribution in [0.1, 0.15) is 41.4 Å². The number of ketones is 1. The van der Waals surface area contributed by atoms with Gasteiger partial charge in [0, 0.05) is 30.8 Å². The van der Waals surface area contributed by atoms with Gasteiger partial charge in [0.1, 0.15) is 18.1 Å². The summed E-state index contributed by atoms with van der Waals surface area (Å²) in [5.74, 6) is 0.561. The maximum Gasteiger partial charge on any atom is 0.232 e. The van der Waals surface area contributed by atoms with Crippen LogP contribution in [0.2, 0.25) is 0 Å². The molecule has 1 aromatic carbocycles. The first-order valence-corrected chi connectivity index (χ1v) is 10.8. The van der Waals surface area contributed by atoms with Gasteiger partial charge in [0.15, 0.2) is 11.0 Å². The Hall–Kier alpha value is -2.52. The number of hydrogen-bond acceptors (Lipinski definition) is 8. The lowest BCUT2D eigenvalue weighted by molar-refractivity contribution is -0.0727. The molecule has 9 heteroatoms. The minimum absolute atomic E-state index is 0.0854. The number of carbonyl (C=O) groups excluding carboxylic acids is 1. The number of hydrogen-bond donors (Lipinski definition) is 1. The SMILES string of the molecule is C[C@@]1(c2cc(CC(=O)c3cnc(OCC4CCO4)cn3)ccc2F)CCSC(N)=N1. The van der Waals surface area contributed by atoms with Gasteiger partial charge in [0.25, 0.3) is 0 Å². The first-order chi connectivity index (χ1) is 14.4. The lowest BCUT2D eigenvalue weighted by atomic mass is 9.87. The Kier molecular flexibility index (Phi) is 6.01. The highest BCUT2D eigenvalue weighted by Crippen LogP contribution is 2.36. The van der Waals surface area contributed by atoms with E-state index in [-0.39, 0.29) is 29.8 Å². The van der Waals surface area contributed by atoms with Crippen LogP contribution in [0.3, 0.4) is 0 Å². The van der Waals surface area contributed by atoms with Crippen molar-refractivity contribution in [3.8, 4) is 5.88 Å². The summed E-state index contributed by atoms with van der Waals surface area (Å²) in [6, 6.07) is 4.68. The highest BCUT2D eigenvalue weighted by Gasteiger charge is 2.32. The third-order valence-electron chi connectivity index (χ3n) is 5.30. The number of benzene rings is 1. The molecule has 0 aliphatic carbocycles. The van der Waals surface area contributed by atoms with Gasteiger partial charge in [-0.1, -0.05) is 17.8 Å². The van der Waals surface area contributed by atoms with E-state index in [1.54, 1.807) is 12.1 Å². The molecule has 0 radical (unpaired) electrons. The van der Waals surface area contributed by atoms with Gasteiger partial charge in [0.05, 0.1) is 24.0 Å². The normalized spacial score (nSPS) is 23.4. The number of ether oxygens (including phenoxy) is 2. The molecule has 2 aliphatic rings. The van der Waals surface area contributed by atoms with Crippen LogP contribution in [0.4, 0.5) is 4.39 Å². The first kappa shape index (κ1) is 20.7. The molecule has 4 rings (SSSR count). The average Bonchev–Trinajstić information content (AvgIpc) is 2.68. The second kappa shape index (κ2) is 8.69. The van der Waals surface area contributed by atoms with Crippen LogP contribution in [0.5, 0.6) is 5.88 Å². The number of Topliss-reactive ketones (excluding diaryl/α,β-unsaturated/α-hetero) is 1. The summed E-state index contributed by atoms with van der Waals surface area (Å²) in [4.78, 5) is 25.4. The Morgan fingerprint density at radius 2 is 2.23 bits per heavy atom. The van der Waals surface area contributed by atoms with Gasteiger partial charge in [-0.2, -0.15) is 0 Å². The van der Waals surface area contributed by atoms with Crippen molar-refractivity contribution < 1.29 is 18.7 Å². The van der Waals surface area contributed by atoms with Crippen molar-refractivity contribution in [2.75, 3.05) is 19.0 Å². The molecule has 0 spiro atoms. The molecule has 2 atom stereocenters. The molecule has 1 fully saturated rings. The second-order valence-electron chi connectivity index (χ2n) is 7.57. The average molecular weight is 431 g/mol. The number of carbonyl (C=O) groups is 1. The van der Waals surface area contributed by atoms with E-state index in [2.05, 4.69) is 15.0 Å². The van der Waals surface area contributed by atoms with E-state index in [0.717, 1.165) is 18.8 Å². The molecule has 158 valence electrons. The van der Waals surface area contributed by atoms with E-state index in [0.29, 0.717) is 35.2 Å². The van der Waals surface area contributed by atoms with Gasteiger partial charge in [0.2, 0.25) is 5.88 Å². The zero-order valence-corrected chi connectivity index (χ0v) is 17.5. The Bertz CT molecular complexity index is 965. The number of aromatic nitrogens is 2. The van der Waals surface area contributed by atoms with Crippen molar-refractivity contribution in [1.29, 1.82) is 0 Å². The molecule has 7 nitrogen and oxygen atoms in total. The molecule has 3 heterocycles. The van der Waals surface area contributed by atoms with E-state index in [4.69, 9.17) is 15.2 Å². The molecule has 1 unspecified atom stereocenters. The quantitative estimate of drug-likeness (QED) is 0.674. The smallest absolute Gasteiger partial charge is 0.232 e. The number of nitrogens with two attached hydrogens (primary N) is 1. The van der Waals surface area contributed by atoms with E-state index in [1.807, 2.05) is 6.92 Å². The molecular weight excluding hydrogens is 407 g/mol. The van der Waals surface area contributed by atoms with Crippen LogP contribution in [0.15, 0.2) is 35.6 Å². The molecular formula is C21H23FN4O3S. The molecule has 1 aromatic heterocycles. The number of halogens is 1. The largest absolute Gasteiger partial charge is 0.474 e. The predicted octanol–water partition coefficient (Wildman–Crippen LogP) is 2.88. The van der Waals surface area contributed by atoms with Gasteiger partial charge in [-0.25, -0.2) is 14.4 Å². The molecule has 0 saturated carbocycles. The number of nitrogens with zero attached hydrogens (tertiary/aromatic N) is 3. The summed E-state index contributed by atoms with van der Waals surface area (Å²) in [5, 5.41) is 0.450. The fourth-order valence-electron chi connectivity index (χ4n) is 3.38. The fourth-order valence-corrected chi connectivity index (χ4v) is 4.36. The van der Waals surface area contributed by atoms with Crippen LogP contribution in [-0.4, -0.2) is 46.0 Å². The van der Waals surface area contributed by atoms with Crippen molar-refractivity contribution in [2.24, 2.45) is 10.7 Å². The molecule has 1 saturated heterocycles. The van der Waals surface area contributed by atoms with Crippen LogP contribution >= 0.6 is 11.8 Å². The summed E-state index contributed by atoms with van der Waals surface area (Å²) in [6.07, 6.45) is 4.66. The fraction of sp³-hybridized carbons (Fsp3) is 0.429. The highest BCUT2D eigenvalue weighted by atomic mass is 32.2. The van der Waals surface area contributed by atoms with Crippen molar-refractivity contribution in [1.82, 2.24) is 9.97 Å². The van der Waals surface area contributed by atoms with E-state index >= 15 is 0 Å². The van der Waals surface area contributed by atoms with Crippen LogP contribution in [0.25, 0.3) is 0 Å². The topological polar surface area (TPSA) is 99.7 Å². The highest BCUT2D eigenvalue weighted by molar-refractivity contribution is 8.13. The molecule has 0 bridgehead atoms. The van der Waals surface area contributed by atoms with Crippen molar-refractivity contribution in [3.05, 3.63) is 53.2 Å². The minimum atomic E-state index is -0.735. The van der Waals surface area contributed by atoms with Crippen LogP contribution in [0, 0.1) is 5.82 Å². The first-order valence-electron chi connectivity index (χ1n) is 9.80. The Morgan fingerprint density at radius 3 is 2.90 bits per heavy atom. The molecule has 0 amide bonds. The van der Waals surface area contributed by atoms with Gasteiger partial charge in [-0.15, -0.1) is 0 Å². The van der Waals surface area contributed by atoms with E-state index < -0.39 is 5.54 Å². The van der Waals surface area contributed by atoms with Gasteiger partial charge < -0.3 is 15.2 Å². The number of thioether (sulfide) groups is 1. The van der Waals surface area contributed by atoms with Gasteiger partial charge in [-0.3, -0.25) is 9.79 Å². The Labute approximate surface area is 178 Å². The Morgan fingerprint density at radius 1 is 1.40 bits per heavy atom. The summed E-state index contributed by atoms with van der Waals surface area (Å²) >= 11 is 1.46. The summed E-state index contributed by atoms with van der Waals surface area (Å²) in [6.45, 7) is 3.04. The number of aliphatic imine (C=N–C) groups is 1. The van der Waals surface area contributed by atoms with Crippen LogP contribution < -0.4 is 10.5 Å². The predicted molar refractivity (Wildman–Crippen MR) is 112 cm³/mol. The second-order valence-corrected chi connectivity index (χ2v) is 8.68. The van der Waals surface area contributed by atoms with Gasteiger partial charge >= 0.3 is 0 Å². The molecule has 30 heavy (non-hydrogen) atoms. The molecule has 2 N–H and O–H groups in total. The van der Waals surface area contributed by atoms with E-state index in [9.17, 15) is 9.18 Å².